The first kappa shape index (κ1) is 13.2. The number of benzene rings is 1. The molecule has 8 heteroatoms. The Balaban J connectivity index is 2.23. The van der Waals surface area contributed by atoms with Gasteiger partial charge in [-0.1, -0.05) is 0 Å². The highest BCUT2D eigenvalue weighted by atomic mass is 127. The number of anilines is 1. The van der Waals surface area contributed by atoms with Crippen molar-refractivity contribution >= 4 is 38.6 Å². The molecule has 0 aromatic heterocycles. The fraction of sp³-hybridized carbons (Fsp3) is 0.300. The van der Waals surface area contributed by atoms with E-state index in [0.29, 0.717) is 30.3 Å². The summed E-state index contributed by atoms with van der Waals surface area (Å²) in [5.41, 5.74) is 6.51. The molecule has 1 aromatic carbocycles. The van der Waals surface area contributed by atoms with Gasteiger partial charge in [-0.2, -0.15) is 3.15 Å². The summed E-state index contributed by atoms with van der Waals surface area (Å²) in [6, 6.07) is 5.08. The van der Waals surface area contributed by atoms with Crippen LogP contribution in [0.25, 0.3) is 0 Å². The van der Waals surface area contributed by atoms with Crippen molar-refractivity contribution in [3.63, 3.8) is 0 Å². The lowest BCUT2D eigenvalue weighted by molar-refractivity contribution is 0.146. The van der Waals surface area contributed by atoms with E-state index in [-0.39, 0.29) is 5.96 Å². The first-order valence-electron chi connectivity index (χ1n) is 5.13. The van der Waals surface area contributed by atoms with Gasteiger partial charge >= 0.3 is 0 Å². The fourth-order valence-electron chi connectivity index (χ4n) is 1.33. The number of methoxy groups -OCH3 is 1. The van der Waals surface area contributed by atoms with Crippen molar-refractivity contribution in [3.8, 4) is 5.75 Å². The lowest BCUT2D eigenvalue weighted by Crippen LogP contribution is -2.05. The number of hydrogen-bond acceptors (Lipinski definition) is 7. The minimum Gasteiger partial charge on any atom is -0.749 e. The third-order valence-electron chi connectivity index (χ3n) is 2.12. The van der Waals surface area contributed by atoms with Crippen molar-refractivity contribution < 1.29 is 9.47 Å². The number of halogens is 1. The number of nitrogens with zero attached hydrogens (tertiary/aromatic N) is 3. The van der Waals surface area contributed by atoms with Crippen LogP contribution in [0.4, 0.5) is 11.4 Å². The van der Waals surface area contributed by atoms with Crippen LogP contribution in [0.3, 0.4) is 0 Å². The van der Waals surface area contributed by atoms with Gasteiger partial charge in [-0.3, -0.25) is 0 Å². The third-order valence-corrected chi connectivity index (χ3v) is 3.74. The number of fused-ring (bicyclic) bond motifs is 1. The van der Waals surface area contributed by atoms with Gasteiger partial charge in [0.05, 0.1) is 18.0 Å². The summed E-state index contributed by atoms with van der Waals surface area (Å²) in [6.07, 6.45) is 0. The molecular formula is C10H12IN4O3-. The smallest absolute Gasteiger partial charge is 0.227 e. The Morgan fingerprint density at radius 1 is 1.44 bits per heavy atom. The number of hydrogen-bond donors (Lipinski definition) is 1. The molecule has 2 rings (SSSR count). The van der Waals surface area contributed by atoms with Crippen molar-refractivity contribution in [1.82, 2.24) is 0 Å². The largest absolute Gasteiger partial charge is 0.749 e. The van der Waals surface area contributed by atoms with E-state index < -0.39 is 21.3 Å². The molecule has 0 atom stereocenters. The Hall–Kier alpha value is -1.26. The average molecular weight is 363 g/mol. The van der Waals surface area contributed by atoms with E-state index in [1.165, 1.54) is 0 Å². The monoisotopic (exact) mass is 363 g/mol. The van der Waals surface area contributed by atoms with Crippen LogP contribution in [0.1, 0.15) is 0 Å². The molecule has 18 heavy (non-hydrogen) atoms. The Morgan fingerprint density at radius 2 is 2.28 bits per heavy atom. The van der Waals surface area contributed by atoms with E-state index in [4.69, 9.17) is 15.2 Å². The predicted octanol–water partition coefficient (Wildman–Crippen LogP) is 2.05. The van der Waals surface area contributed by atoms with Crippen LogP contribution in [0.15, 0.2) is 26.3 Å². The summed E-state index contributed by atoms with van der Waals surface area (Å²) in [5.74, 6) is 0.752. The van der Waals surface area contributed by atoms with Crippen LogP contribution in [0, 0.1) is 5.21 Å². The molecule has 7 nitrogen and oxygen atoms in total. The van der Waals surface area contributed by atoms with Crippen molar-refractivity contribution in [2.24, 2.45) is 13.9 Å². The minimum absolute atomic E-state index is 0.149. The molecule has 0 aliphatic carbocycles. The highest BCUT2D eigenvalue weighted by Crippen LogP contribution is 2.37. The quantitative estimate of drug-likeness (QED) is 0.502. The van der Waals surface area contributed by atoms with E-state index in [2.05, 4.69) is 8.14 Å². The Bertz CT molecular complexity index is 492. The van der Waals surface area contributed by atoms with E-state index in [1.807, 2.05) is 0 Å². The molecule has 1 heterocycles. The molecule has 0 amide bonds. The second kappa shape index (κ2) is 6.07. The van der Waals surface area contributed by atoms with Crippen LogP contribution in [0.2, 0.25) is 0 Å². The van der Waals surface area contributed by atoms with E-state index in [0.717, 1.165) is 3.28 Å². The zero-order valence-corrected chi connectivity index (χ0v) is 11.8. The maximum atomic E-state index is 11.8. The number of nitrogens with two attached hydrogens (primary N) is 1. The van der Waals surface area contributed by atoms with E-state index in [1.54, 1.807) is 25.3 Å². The van der Waals surface area contributed by atoms with Crippen molar-refractivity contribution in [2.75, 3.05) is 23.6 Å². The molecule has 1 aliphatic rings. The third kappa shape index (κ3) is 3.15. The van der Waals surface area contributed by atoms with Gasteiger partial charge in [-0.15, -0.1) is 0 Å². The van der Waals surface area contributed by atoms with Crippen LogP contribution in [-0.4, -0.2) is 26.3 Å². The SMILES string of the molecule is COCCOc1ccc2c(c1)N([O-])I=NC(N)=N2. The van der Waals surface area contributed by atoms with Crippen LogP contribution in [0.5, 0.6) is 5.75 Å². The normalized spacial score (nSPS) is 14.3. The van der Waals surface area contributed by atoms with Gasteiger partial charge in [0, 0.05) is 13.2 Å². The van der Waals surface area contributed by atoms with Crippen molar-refractivity contribution in [3.05, 3.63) is 23.4 Å². The summed E-state index contributed by atoms with van der Waals surface area (Å²) in [7, 11) is 1.60. The summed E-state index contributed by atoms with van der Waals surface area (Å²) in [5, 5.41) is 11.8. The second-order valence-corrected chi connectivity index (χ2v) is 5.16. The summed E-state index contributed by atoms with van der Waals surface area (Å²) < 4.78 is 15.1. The predicted molar refractivity (Wildman–Crippen MR) is 77.4 cm³/mol. The molecule has 0 saturated carbocycles. The zero-order valence-electron chi connectivity index (χ0n) is 9.67. The van der Waals surface area contributed by atoms with Crippen LogP contribution < -0.4 is 13.7 Å². The molecule has 0 unspecified atom stereocenters. The summed E-state index contributed by atoms with van der Waals surface area (Å²) >= 11 is -1.07. The second-order valence-electron chi connectivity index (χ2n) is 3.37. The van der Waals surface area contributed by atoms with Crippen molar-refractivity contribution in [1.29, 1.82) is 0 Å². The first-order chi connectivity index (χ1) is 8.70. The Kier molecular flexibility index (Phi) is 4.44. The first-order valence-corrected chi connectivity index (χ1v) is 7.06. The Labute approximate surface area is 115 Å². The van der Waals surface area contributed by atoms with Crippen LogP contribution >= 0.6 is 21.3 Å². The summed E-state index contributed by atoms with van der Waals surface area (Å²) in [6.45, 7) is 0.921. The lowest BCUT2D eigenvalue weighted by atomic mass is 10.2. The van der Waals surface area contributed by atoms with Crippen molar-refractivity contribution in [2.45, 2.75) is 0 Å². The van der Waals surface area contributed by atoms with Gasteiger partial charge in [0.2, 0.25) is 5.96 Å². The number of aliphatic imine (C=N–C) groups is 1. The van der Waals surface area contributed by atoms with E-state index in [9.17, 15) is 5.21 Å². The molecule has 98 valence electrons. The van der Waals surface area contributed by atoms with Crippen LogP contribution in [-0.2, 0) is 4.74 Å². The molecule has 0 radical (unpaired) electrons. The molecule has 1 aromatic rings. The molecule has 0 fully saturated rings. The van der Waals surface area contributed by atoms with Gasteiger partial charge in [0.25, 0.3) is 0 Å². The maximum Gasteiger partial charge on any atom is 0.227 e. The average Bonchev–Trinajstić information content (AvgIpc) is 2.50. The minimum atomic E-state index is -1.07. The van der Waals surface area contributed by atoms with Gasteiger partial charge in [0.1, 0.15) is 33.7 Å². The lowest BCUT2D eigenvalue weighted by Gasteiger charge is -2.24. The standard InChI is InChI=1S/C10H12IN4O3/c1-17-4-5-18-7-2-3-8-9(6-7)15(16)11-14-10(12)13-8/h2-3,6H,4-5H2,1H3,(H2,12,13)/q-1. The number of guanidine groups is 1. The highest BCUT2D eigenvalue weighted by molar-refractivity contribution is 14.2. The molecule has 0 saturated heterocycles. The molecule has 2 N–H and O–H groups in total. The van der Waals surface area contributed by atoms with Gasteiger partial charge in [0.15, 0.2) is 0 Å². The van der Waals surface area contributed by atoms with Gasteiger partial charge in [-0.05, 0) is 12.1 Å². The summed E-state index contributed by atoms with van der Waals surface area (Å²) in [4.78, 5) is 4.06. The number of ether oxygens (including phenoxy) is 2. The number of rotatable bonds is 4. The molecule has 0 bridgehead atoms. The van der Waals surface area contributed by atoms with E-state index >= 15 is 0 Å². The Morgan fingerprint density at radius 3 is 3.06 bits per heavy atom. The topological polar surface area (TPSA) is 95.5 Å². The highest BCUT2D eigenvalue weighted by Gasteiger charge is 2.09. The zero-order chi connectivity index (χ0) is 13.0. The van der Waals surface area contributed by atoms with Gasteiger partial charge in [-0.25, -0.2) is 4.99 Å². The molecular weight excluding hydrogens is 351 g/mol. The molecule has 1 aliphatic heterocycles. The fourth-order valence-corrected chi connectivity index (χ4v) is 2.47. The molecule has 0 spiro atoms. The van der Waals surface area contributed by atoms with Gasteiger partial charge < -0.3 is 23.7 Å². The maximum absolute atomic E-state index is 11.8.